The van der Waals surface area contributed by atoms with Crippen LogP contribution in [-0.2, 0) is 32.6 Å². The molecule has 1 aromatic carbocycles. The van der Waals surface area contributed by atoms with Crippen LogP contribution in [0.25, 0.3) is 0 Å². The van der Waals surface area contributed by atoms with Crippen molar-refractivity contribution in [1.29, 1.82) is 5.26 Å². The number of hydrogen-bond donors (Lipinski definition) is 1. The van der Waals surface area contributed by atoms with E-state index in [1.165, 1.54) is 29.5 Å². The van der Waals surface area contributed by atoms with E-state index in [2.05, 4.69) is 6.07 Å². The fraction of sp³-hybridized carbons (Fsp3) is 0.312. The molecule has 0 unspecified atom stereocenters. The first-order valence-electron chi connectivity index (χ1n) is 7.61. The second-order valence-electron chi connectivity index (χ2n) is 6.20. The molecule has 0 saturated carbocycles. The predicted octanol–water partition coefficient (Wildman–Crippen LogP) is 1.57. The number of anilines is 2. The quantitative estimate of drug-likeness (QED) is 0.813. The van der Waals surface area contributed by atoms with Gasteiger partial charge in [0.15, 0.2) is 19.7 Å². The van der Waals surface area contributed by atoms with Crippen molar-refractivity contribution in [2.75, 3.05) is 29.7 Å². The Morgan fingerprint density at radius 2 is 1.88 bits per heavy atom. The Kier molecular flexibility index (Phi) is 4.50. The highest BCUT2D eigenvalue weighted by Gasteiger charge is 2.27. The van der Waals surface area contributed by atoms with Crippen LogP contribution >= 0.6 is 11.3 Å². The number of nitrogens with zero attached hydrogens (tertiary/aromatic N) is 2. The van der Waals surface area contributed by atoms with E-state index < -0.39 is 19.7 Å². The van der Waals surface area contributed by atoms with Gasteiger partial charge in [0.25, 0.3) is 0 Å². The van der Waals surface area contributed by atoms with Crippen LogP contribution in [0, 0.1) is 11.3 Å². The zero-order chi connectivity index (χ0) is 19.3. The summed E-state index contributed by atoms with van der Waals surface area (Å²) in [7, 11) is -7.15. The molecule has 0 saturated heterocycles. The summed E-state index contributed by atoms with van der Waals surface area (Å²) in [6, 6.07) is 6.27. The Balaban J connectivity index is 2.09. The van der Waals surface area contributed by atoms with Crippen LogP contribution in [0.4, 0.5) is 10.7 Å². The monoisotopic (exact) mass is 411 g/mol. The summed E-state index contributed by atoms with van der Waals surface area (Å²) in [5.41, 5.74) is 7.77. The van der Waals surface area contributed by atoms with Crippen LogP contribution in [0.2, 0.25) is 0 Å². The standard InChI is InChI=1S/C16H17N3O4S3/c1-25(20,21)10-3-4-13(15(7-10)26(2,22)23)19-6-5-11-12(8-17)16(18)24-14(11)9-19/h3-4,7H,5-6,9,18H2,1-2H3. The third kappa shape index (κ3) is 3.30. The number of hydrogen-bond acceptors (Lipinski definition) is 8. The van der Waals surface area contributed by atoms with Gasteiger partial charge in [0.1, 0.15) is 11.1 Å². The zero-order valence-electron chi connectivity index (χ0n) is 14.2. The van der Waals surface area contributed by atoms with E-state index in [9.17, 15) is 22.1 Å². The molecule has 1 aliphatic rings. The molecule has 0 aliphatic carbocycles. The number of nitrogens with two attached hydrogens (primary N) is 1. The van der Waals surface area contributed by atoms with Gasteiger partial charge in [0.2, 0.25) is 0 Å². The smallest absolute Gasteiger partial charge is 0.177 e. The third-order valence-electron chi connectivity index (χ3n) is 4.30. The molecule has 10 heteroatoms. The molecule has 0 fully saturated rings. The summed E-state index contributed by atoms with van der Waals surface area (Å²) in [5.74, 6) is 0. The Bertz CT molecular complexity index is 1140. The van der Waals surface area contributed by atoms with Crippen molar-refractivity contribution in [3.05, 3.63) is 34.2 Å². The normalized spacial score (nSPS) is 14.7. The first kappa shape index (κ1) is 18.7. The molecule has 0 radical (unpaired) electrons. The van der Waals surface area contributed by atoms with Gasteiger partial charge < -0.3 is 10.6 Å². The molecular weight excluding hydrogens is 394 g/mol. The van der Waals surface area contributed by atoms with Gasteiger partial charge in [-0.25, -0.2) is 16.8 Å². The molecule has 0 atom stereocenters. The number of benzene rings is 1. The highest BCUT2D eigenvalue weighted by Crippen LogP contribution is 2.38. The molecule has 1 aromatic heterocycles. The minimum absolute atomic E-state index is 0.0195. The predicted molar refractivity (Wildman–Crippen MR) is 101 cm³/mol. The van der Waals surface area contributed by atoms with E-state index in [0.29, 0.717) is 35.8 Å². The SMILES string of the molecule is CS(=O)(=O)c1ccc(N2CCc3c(sc(N)c3C#N)C2)c(S(C)(=O)=O)c1. The van der Waals surface area contributed by atoms with E-state index >= 15 is 0 Å². The Morgan fingerprint density at radius 3 is 2.46 bits per heavy atom. The van der Waals surface area contributed by atoms with Crippen LogP contribution in [0.15, 0.2) is 28.0 Å². The largest absolute Gasteiger partial charge is 0.389 e. The first-order chi connectivity index (χ1) is 12.0. The van der Waals surface area contributed by atoms with Crippen LogP contribution in [-0.4, -0.2) is 35.9 Å². The minimum atomic E-state index is -3.63. The lowest BCUT2D eigenvalue weighted by molar-refractivity contribution is 0.599. The Hall–Kier alpha value is -2.09. The highest BCUT2D eigenvalue weighted by molar-refractivity contribution is 7.91. The molecule has 2 heterocycles. The number of nitrogen functional groups attached to an aromatic ring is 1. The number of rotatable bonds is 3. The van der Waals surface area contributed by atoms with E-state index in [4.69, 9.17) is 5.73 Å². The lowest BCUT2D eigenvalue weighted by atomic mass is 10.0. The van der Waals surface area contributed by atoms with Gasteiger partial charge in [-0.3, -0.25) is 0 Å². The summed E-state index contributed by atoms with van der Waals surface area (Å²) in [6.45, 7) is 0.936. The van der Waals surface area contributed by atoms with Crippen LogP contribution < -0.4 is 10.6 Å². The molecule has 26 heavy (non-hydrogen) atoms. The van der Waals surface area contributed by atoms with Crippen LogP contribution in [0.5, 0.6) is 0 Å². The summed E-state index contributed by atoms with van der Waals surface area (Å²) in [6.07, 6.45) is 2.67. The maximum atomic E-state index is 12.2. The second kappa shape index (κ2) is 6.26. The highest BCUT2D eigenvalue weighted by atomic mass is 32.2. The lowest BCUT2D eigenvalue weighted by Crippen LogP contribution is -2.31. The van der Waals surface area contributed by atoms with Crippen molar-refractivity contribution in [2.45, 2.75) is 22.8 Å². The Morgan fingerprint density at radius 1 is 1.19 bits per heavy atom. The molecule has 2 N–H and O–H groups in total. The van der Waals surface area contributed by atoms with E-state index in [1.807, 2.05) is 4.90 Å². The van der Waals surface area contributed by atoms with Gasteiger partial charge >= 0.3 is 0 Å². The van der Waals surface area contributed by atoms with E-state index in [0.717, 1.165) is 23.0 Å². The maximum absolute atomic E-state index is 12.2. The van der Waals surface area contributed by atoms with Gasteiger partial charge in [0, 0.05) is 23.9 Å². The van der Waals surface area contributed by atoms with Crippen molar-refractivity contribution in [2.24, 2.45) is 0 Å². The molecule has 0 amide bonds. The van der Waals surface area contributed by atoms with Crippen molar-refractivity contribution in [3.63, 3.8) is 0 Å². The molecule has 1 aliphatic heterocycles. The average molecular weight is 412 g/mol. The molecule has 0 bridgehead atoms. The number of nitriles is 1. The summed E-state index contributed by atoms with van der Waals surface area (Å²) >= 11 is 1.33. The molecular formula is C16H17N3O4S3. The summed E-state index contributed by atoms with van der Waals surface area (Å²) in [4.78, 5) is 2.75. The van der Waals surface area contributed by atoms with Gasteiger partial charge in [-0.05, 0) is 30.2 Å². The molecule has 0 spiro atoms. The van der Waals surface area contributed by atoms with Crippen LogP contribution in [0.3, 0.4) is 0 Å². The van der Waals surface area contributed by atoms with Gasteiger partial charge in [-0.1, -0.05) is 0 Å². The zero-order valence-corrected chi connectivity index (χ0v) is 16.6. The second-order valence-corrected chi connectivity index (χ2v) is 11.3. The third-order valence-corrected chi connectivity index (χ3v) is 7.58. The molecule has 3 rings (SSSR count). The average Bonchev–Trinajstić information content (AvgIpc) is 2.86. The maximum Gasteiger partial charge on any atom is 0.177 e. The van der Waals surface area contributed by atoms with Gasteiger partial charge in [0.05, 0.1) is 27.6 Å². The Labute approximate surface area is 156 Å². The van der Waals surface area contributed by atoms with Crippen molar-refractivity contribution < 1.29 is 16.8 Å². The molecule has 7 nitrogen and oxygen atoms in total. The molecule has 138 valence electrons. The van der Waals surface area contributed by atoms with Gasteiger partial charge in [-0.2, -0.15) is 5.26 Å². The van der Waals surface area contributed by atoms with E-state index in [1.54, 1.807) is 0 Å². The number of thiophene rings is 1. The fourth-order valence-electron chi connectivity index (χ4n) is 3.04. The van der Waals surface area contributed by atoms with Gasteiger partial charge in [-0.15, -0.1) is 11.3 Å². The molecule has 2 aromatic rings. The minimum Gasteiger partial charge on any atom is -0.389 e. The summed E-state index contributed by atoms with van der Waals surface area (Å²) < 4.78 is 48.1. The van der Waals surface area contributed by atoms with Crippen molar-refractivity contribution in [1.82, 2.24) is 0 Å². The lowest BCUT2D eigenvalue weighted by Gasteiger charge is -2.30. The first-order valence-corrected chi connectivity index (χ1v) is 12.2. The fourth-order valence-corrected chi connectivity index (χ4v) is 5.76. The van der Waals surface area contributed by atoms with Crippen molar-refractivity contribution >= 4 is 41.7 Å². The topological polar surface area (TPSA) is 121 Å². The van der Waals surface area contributed by atoms with E-state index in [-0.39, 0.29) is 9.79 Å². The number of sulfone groups is 2. The summed E-state index contributed by atoms with van der Waals surface area (Å²) in [5, 5.41) is 9.70. The number of fused-ring (bicyclic) bond motifs is 1. The van der Waals surface area contributed by atoms with Crippen molar-refractivity contribution in [3.8, 4) is 6.07 Å². The van der Waals surface area contributed by atoms with Crippen LogP contribution in [0.1, 0.15) is 16.0 Å².